The van der Waals surface area contributed by atoms with E-state index in [1.807, 2.05) is 54.6 Å². The van der Waals surface area contributed by atoms with Crippen molar-refractivity contribution < 1.29 is 59.5 Å². The number of nitrogens with zero attached hydrogens (tertiary/aromatic N) is 5. The Labute approximate surface area is 235 Å². The first-order chi connectivity index (χ1) is 17.3. The summed E-state index contributed by atoms with van der Waals surface area (Å²) >= 11 is -22.5. The molecule has 3 aromatic rings. The van der Waals surface area contributed by atoms with Crippen LogP contribution in [-0.4, -0.2) is 53.9 Å². The van der Waals surface area contributed by atoms with Crippen LogP contribution in [0.2, 0.25) is 0 Å². The van der Waals surface area contributed by atoms with Gasteiger partial charge in [0, 0.05) is 18.6 Å². The number of pyridine rings is 3. The summed E-state index contributed by atoms with van der Waals surface area (Å²) in [5, 5.41) is 0. The average Bonchev–Trinajstić information content (AvgIpc) is 2.81. The maximum atomic E-state index is 9.93. The van der Waals surface area contributed by atoms with E-state index in [1.54, 1.807) is 18.6 Å². The molecule has 8 nitrogen and oxygen atoms in total. The number of hydrogen-bond acceptors (Lipinski definition) is 5. The van der Waals surface area contributed by atoms with E-state index in [1.165, 1.54) is 0 Å². The fourth-order valence-corrected chi connectivity index (χ4v) is 2.09. The van der Waals surface area contributed by atoms with Crippen LogP contribution in [0.3, 0.4) is 0 Å². The van der Waals surface area contributed by atoms with Crippen molar-refractivity contribution in [3.8, 4) is 0 Å². The zero-order valence-corrected chi connectivity index (χ0v) is 26.8. The third kappa shape index (κ3) is 38.0. The van der Waals surface area contributed by atoms with Gasteiger partial charge < -0.3 is 21.0 Å². The third-order valence-electron chi connectivity index (χ3n) is 2.95. The van der Waals surface area contributed by atoms with E-state index in [0.717, 1.165) is 17.1 Å². The van der Waals surface area contributed by atoms with Gasteiger partial charge in [-0.25, -0.2) is 0 Å². The van der Waals surface area contributed by atoms with Crippen LogP contribution in [-0.2, 0) is 25.7 Å². The van der Waals surface area contributed by atoms with Crippen LogP contribution in [0.25, 0.3) is 11.2 Å². The van der Waals surface area contributed by atoms with E-state index in [2.05, 4.69) is 21.6 Å². The zero-order chi connectivity index (χ0) is 31.7. The molecule has 0 atom stereocenters. The van der Waals surface area contributed by atoms with Gasteiger partial charge in [0.1, 0.15) is 0 Å². The SMILES string of the molecule is [C-]#[O+].[F][Sb-]([F])([F])([F])([F])[F].[F][Sb-]([F])([F])([F])([F])[F].[N-]=O.[N-]=O.[W+2].c1ccc(C(c2ccccn2)c2ccccn2)nc1. The molecule has 0 saturated heterocycles. The Balaban J connectivity index is -0.000000260. The maximum absolute atomic E-state index is 11.2. The molecule has 40 heavy (non-hydrogen) atoms. The van der Waals surface area contributed by atoms with Crippen molar-refractivity contribution in [2.45, 2.75) is 5.92 Å². The molecule has 0 fully saturated rings. The van der Waals surface area contributed by atoms with Crippen molar-refractivity contribution in [3.05, 3.63) is 118 Å². The zero-order valence-electron chi connectivity index (χ0n) is 18.8. The molecule has 0 unspecified atom stereocenters. The van der Waals surface area contributed by atoms with Gasteiger partial charge in [0.05, 0.1) is 23.0 Å². The van der Waals surface area contributed by atoms with Gasteiger partial charge in [0.25, 0.3) is 0 Å². The standard InChI is InChI=1S/C16H13N3.CO.12FH.2NO.2Sb.W/c1-4-10-17-13(7-1)16(14-8-2-5-11-18-14)15-9-3-6-12-19-15;1-2;;;;;;;;;;;;;2*1-2;;;/h1-12,16H;;12*1H;;;;;/q;;;;;;;;;;;;;;2*-1;2*+5;+2/p-12. The molecule has 0 spiro atoms. The fourth-order valence-electron chi connectivity index (χ4n) is 2.09. The van der Waals surface area contributed by atoms with Crippen LogP contribution in [0.4, 0.5) is 33.8 Å². The minimum absolute atomic E-state index is 0. The number of rotatable bonds is 3. The predicted molar refractivity (Wildman–Crippen MR) is 116 cm³/mol. The second kappa shape index (κ2) is 15.8. The van der Waals surface area contributed by atoms with E-state index in [4.69, 9.17) is 25.7 Å². The van der Waals surface area contributed by atoms with Crippen molar-refractivity contribution >= 4 is 39.0 Å². The van der Waals surface area contributed by atoms with Crippen molar-refractivity contribution in [2.75, 3.05) is 0 Å². The number of halogens is 12. The van der Waals surface area contributed by atoms with Crippen LogP contribution in [0.15, 0.2) is 73.2 Å². The molecule has 0 saturated carbocycles. The Morgan fingerprint density at radius 2 is 0.700 bits per heavy atom. The van der Waals surface area contributed by atoms with Gasteiger partial charge in [-0.1, -0.05) is 18.2 Å². The number of nitroso groups, excluding NO2 is 2. The smallest absolute Gasteiger partial charge is 0.577 e. The Bertz CT molecular complexity index is 985. The molecule has 0 radical (unpaired) electrons. The first kappa shape index (κ1) is 44.9. The number of aromatic nitrogens is 3. The summed E-state index contributed by atoms with van der Waals surface area (Å²) in [5.74, 6) is -0.0244. The predicted octanol–water partition coefficient (Wildman–Crippen LogP) is 7.94. The summed E-state index contributed by atoms with van der Waals surface area (Å²) in [6.45, 7) is 4.50. The van der Waals surface area contributed by atoms with E-state index in [0.29, 0.717) is 0 Å². The second-order valence-electron chi connectivity index (χ2n) is 6.11. The molecule has 226 valence electrons. The van der Waals surface area contributed by atoms with E-state index < -0.39 is 39.0 Å². The van der Waals surface area contributed by atoms with Gasteiger partial charge in [-0.05, 0) is 36.4 Å². The maximum Gasteiger partial charge on any atom is 2.00 e. The molecular formula is C17H13F12N5O3Sb2W-2. The molecule has 3 heterocycles. The minimum Gasteiger partial charge on any atom is -0.577 e. The Morgan fingerprint density at radius 1 is 0.525 bits per heavy atom. The molecule has 3 aromatic heterocycles. The molecule has 0 N–H and O–H groups in total. The molecule has 0 aliphatic carbocycles. The van der Waals surface area contributed by atoms with Gasteiger partial charge in [0.15, 0.2) is 0 Å². The molecule has 0 bridgehead atoms. The van der Waals surface area contributed by atoms with Crippen LogP contribution in [0.5, 0.6) is 0 Å². The third-order valence-corrected chi connectivity index (χ3v) is 2.95. The molecule has 0 aliphatic heterocycles. The van der Waals surface area contributed by atoms with E-state index in [-0.39, 0.29) is 27.0 Å². The van der Waals surface area contributed by atoms with Gasteiger partial charge in [-0.2, -0.15) is 0 Å². The molecule has 0 aliphatic rings. The summed E-state index contributed by atoms with van der Waals surface area (Å²) in [6, 6.07) is 17.7. The first-order valence-electron chi connectivity index (χ1n) is 8.78. The second-order valence-corrected chi connectivity index (χ2v) is 17.1. The van der Waals surface area contributed by atoms with Crippen LogP contribution in [0, 0.1) is 16.5 Å². The minimum atomic E-state index is -11.2. The molecule has 0 aromatic carbocycles. The molecule has 3 rings (SSSR count). The Morgan fingerprint density at radius 3 is 0.825 bits per heavy atom. The summed E-state index contributed by atoms with van der Waals surface area (Å²) in [4.78, 5) is 27.9. The number of hydrogen-bond donors (Lipinski definition) is 0. The Hall–Kier alpha value is -2.13. The Kier molecular flexibility index (Phi) is 17.7. The van der Waals surface area contributed by atoms with Gasteiger partial charge >= 0.3 is 105 Å². The molecule has 0 amide bonds. The van der Waals surface area contributed by atoms with Crippen molar-refractivity contribution in [2.24, 2.45) is 0 Å². The van der Waals surface area contributed by atoms with Crippen LogP contribution < -0.4 is 0 Å². The van der Waals surface area contributed by atoms with Crippen LogP contribution in [0.1, 0.15) is 23.0 Å². The van der Waals surface area contributed by atoms with Gasteiger partial charge in [-0.3, -0.25) is 15.0 Å². The van der Waals surface area contributed by atoms with Crippen LogP contribution >= 0.6 is 0 Å². The topological polar surface area (TPSA) is 137 Å². The van der Waals surface area contributed by atoms with Crippen molar-refractivity contribution in [3.63, 3.8) is 0 Å². The van der Waals surface area contributed by atoms with Gasteiger partial charge in [-0.15, -0.1) is 0 Å². The van der Waals surface area contributed by atoms with Gasteiger partial charge in [0.2, 0.25) is 0 Å². The van der Waals surface area contributed by atoms with E-state index in [9.17, 15) is 33.8 Å². The molecule has 23 heteroatoms. The first-order valence-corrected chi connectivity index (χ1v) is 20.4. The van der Waals surface area contributed by atoms with Crippen molar-refractivity contribution in [1.29, 1.82) is 0 Å². The quantitative estimate of drug-likeness (QED) is 0.114. The van der Waals surface area contributed by atoms with Crippen molar-refractivity contribution in [1.82, 2.24) is 15.0 Å². The average molecular weight is 991 g/mol. The largest absolute Gasteiger partial charge is 2.00 e. The summed E-state index contributed by atoms with van der Waals surface area (Å²) in [7, 11) is 0. The fraction of sp³-hybridized carbons (Fsp3) is 0.0588. The summed E-state index contributed by atoms with van der Waals surface area (Å²) in [6.07, 6.45) is 5.40. The summed E-state index contributed by atoms with van der Waals surface area (Å²) in [5.41, 5.74) is 14.4. The normalized spacial score (nSPS) is 13.4. The van der Waals surface area contributed by atoms with E-state index >= 15 is 0 Å². The summed E-state index contributed by atoms with van der Waals surface area (Å²) < 4.78 is 127. The monoisotopic (exact) mass is 989 g/mol. The molecular weight excluding hydrogens is 978 g/mol.